The minimum Gasteiger partial charge on any atom is -0.398 e. The summed E-state index contributed by atoms with van der Waals surface area (Å²) in [5.74, 6) is 0.593. The number of hydrogen-bond acceptors (Lipinski definition) is 2. The van der Waals surface area contributed by atoms with Crippen molar-refractivity contribution in [3.8, 4) is 0 Å². The summed E-state index contributed by atoms with van der Waals surface area (Å²) >= 11 is 18.5. The van der Waals surface area contributed by atoms with Crippen LogP contribution in [0.3, 0.4) is 0 Å². The van der Waals surface area contributed by atoms with Crippen LogP contribution in [0.5, 0.6) is 0 Å². The molecule has 0 spiro atoms. The molecule has 1 nitrogen and oxygen atoms in total. The highest BCUT2D eigenvalue weighted by Gasteiger charge is 2.02. The summed E-state index contributed by atoms with van der Waals surface area (Å²) < 4.78 is 0. The van der Waals surface area contributed by atoms with Gasteiger partial charge in [-0.15, -0.1) is 11.8 Å². The number of thioether (sulfide) groups is 1. The third-order valence-corrected chi connectivity index (χ3v) is 3.59. The molecule has 0 radical (unpaired) electrons. The van der Waals surface area contributed by atoms with Gasteiger partial charge in [0.25, 0.3) is 0 Å². The molecule has 14 heavy (non-hydrogen) atoms. The molecule has 0 aromatic heterocycles. The third kappa shape index (κ3) is 3.62. The van der Waals surface area contributed by atoms with Gasteiger partial charge in [0.2, 0.25) is 0 Å². The van der Waals surface area contributed by atoms with Crippen molar-refractivity contribution in [1.82, 2.24) is 0 Å². The van der Waals surface area contributed by atoms with Gasteiger partial charge in [-0.1, -0.05) is 34.8 Å². The Kier molecular flexibility index (Phi) is 4.96. The van der Waals surface area contributed by atoms with E-state index in [0.29, 0.717) is 21.5 Å². The van der Waals surface area contributed by atoms with Crippen molar-refractivity contribution < 1.29 is 0 Å². The van der Waals surface area contributed by atoms with Gasteiger partial charge in [0.15, 0.2) is 0 Å². The maximum atomic E-state index is 5.82. The zero-order valence-electron chi connectivity index (χ0n) is 7.14. The predicted octanol–water partition coefficient (Wildman–Crippen LogP) is 4.33. The van der Waals surface area contributed by atoms with Gasteiger partial charge in [-0.05, 0) is 18.2 Å². The maximum absolute atomic E-state index is 5.82. The van der Waals surface area contributed by atoms with E-state index >= 15 is 0 Å². The summed E-state index contributed by atoms with van der Waals surface area (Å²) in [6.45, 7) is 0. The Balaban J connectivity index is 2.71. The molecule has 0 unspecified atom stereocenters. The smallest absolute Gasteiger partial charge is 0.0453 e. The van der Waals surface area contributed by atoms with Crippen LogP contribution in [0.4, 0.5) is 5.69 Å². The van der Waals surface area contributed by atoms with Crippen LogP contribution in [0.25, 0.3) is 0 Å². The quantitative estimate of drug-likeness (QED) is 0.652. The lowest BCUT2D eigenvalue weighted by Crippen LogP contribution is -1.89. The first kappa shape index (κ1) is 12.1. The van der Waals surface area contributed by atoms with Gasteiger partial charge >= 0.3 is 0 Å². The van der Waals surface area contributed by atoms with E-state index in [9.17, 15) is 0 Å². The van der Waals surface area contributed by atoms with E-state index in [1.165, 1.54) is 17.3 Å². The standard InChI is InChI=1S/C9H8Cl3NS/c10-4-7(12)5-14-9-3-6(11)1-2-8(9)13/h1-4H,5,13H2. The lowest BCUT2D eigenvalue weighted by Gasteiger charge is -2.04. The number of nitrogens with two attached hydrogens (primary N) is 1. The van der Waals surface area contributed by atoms with E-state index in [1.54, 1.807) is 18.2 Å². The fourth-order valence-corrected chi connectivity index (χ4v) is 2.20. The molecule has 0 atom stereocenters. The van der Waals surface area contributed by atoms with Crippen molar-refractivity contribution in [2.75, 3.05) is 11.5 Å². The van der Waals surface area contributed by atoms with E-state index in [0.717, 1.165) is 4.90 Å². The number of halogens is 3. The molecular formula is C9H8Cl3NS. The van der Waals surface area contributed by atoms with Gasteiger partial charge in [0, 0.05) is 31.9 Å². The average Bonchev–Trinajstić information content (AvgIpc) is 2.19. The molecule has 1 aromatic carbocycles. The molecule has 1 rings (SSSR count). The molecule has 0 saturated heterocycles. The van der Waals surface area contributed by atoms with Crippen molar-refractivity contribution in [3.63, 3.8) is 0 Å². The van der Waals surface area contributed by atoms with Crippen LogP contribution in [-0.2, 0) is 0 Å². The number of rotatable bonds is 3. The minimum absolute atomic E-state index is 0.580. The summed E-state index contributed by atoms with van der Waals surface area (Å²) in [5, 5.41) is 1.24. The second-order valence-electron chi connectivity index (χ2n) is 2.53. The second-order valence-corrected chi connectivity index (χ2v) is 4.68. The van der Waals surface area contributed by atoms with E-state index in [4.69, 9.17) is 40.5 Å². The van der Waals surface area contributed by atoms with Gasteiger partial charge in [-0.3, -0.25) is 0 Å². The van der Waals surface area contributed by atoms with Crippen molar-refractivity contribution >= 4 is 52.3 Å². The minimum atomic E-state index is 0.580. The van der Waals surface area contributed by atoms with Crippen LogP contribution in [-0.4, -0.2) is 5.75 Å². The number of anilines is 1. The fourth-order valence-electron chi connectivity index (χ4n) is 0.811. The fraction of sp³-hybridized carbons (Fsp3) is 0.111. The monoisotopic (exact) mass is 267 g/mol. The maximum Gasteiger partial charge on any atom is 0.0453 e. The van der Waals surface area contributed by atoms with Crippen LogP contribution in [0, 0.1) is 0 Å². The van der Waals surface area contributed by atoms with Crippen molar-refractivity contribution in [2.24, 2.45) is 0 Å². The second kappa shape index (κ2) is 5.76. The van der Waals surface area contributed by atoms with Gasteiger partial charge in [-0.25, -0.2) is 0 Å². The number of benzene rings is 1. The molecule has 1 aromatic rings. The number of nitrogen functional groups attached to an aromatic ring is 1. The Morgan fingerprint density at radius 1 is 1.50 bits per heavy atom. The summed E-state index contributed by atoms with van der Waals surface area (Å²) in [5.41, 5.74) is 7.78. The largest absolute Gasteiger partial charge is 0.398 e. The van der Waals surface area contributed by atoms with E-state index in [2.05, 4.69) is 0 Å². The van der Waals surface area contributed by atoms with Crippen LogP contribution in [0.15, 0.2) is 33.7 Å². The average molecular weight is 269 g/mol. The first-order valence-corrected chi connectivity index (χ1v) is 5.94. The Hall–Kier alpha value is -0.0200. The highest BCUT2D eigenvalue weighted by atomic mass is 35.5. The Labute approximate surface area is 102 Å². The summed E-state index contributed by atoms with van der Waals surface area (Å²) in [4.78, 5) is 0.911. The van der Waals surface area contributed by atoms with Gasteiger partial charge in [-0.2, -0.15) is 0 Å². The SMILES string of the molecule is Nc1ccc(Cl)cc1SCC(Cl)=CCl. The first-order chi connectivity index (χ1) is 6.63. The molecule has 0 fully saturated rings. The molecule has 0 bridgehead atoms. The summed E-state index contributed by atoms with van der Waals surface area (Å²) in [6, 6.07) is 5.32. The molecule has 76 valence electrons. The van der Waals surface area contributed by atoms with Gasteiger partial charge < -0.3 is 5.73 Å². The van der Waals surface area contributed by atoms with E-state index in [1.807, 2.05) is 0 Å². The van der Waals surface area contributed by atoms with E-state index in [-0.39, 0.29) is 0 Å². The highest BCUT2D eigenvalue weighted by Crippen LogP contribution is 2.30. The molecule has 0 amide bonds. The molecule has 0 aliphatic heterocycles. The number of hydrogen-bond donors (Lipinski definition) is 1. The van der Waals surface area contributed by atoms with Crippen LogP contribution < -0.4 is 5.73 Å². The Morgan fingerprint density at radius 2 is 2.21 bits per heavy atom. The Bertz CT molecular complexity index is 352. The van der Waals surface area contributed by atoms with Crippen LogP contribution in [0.1, 0.15) is 0 Å². The predicted molar refractivity (Wildman–Crippen MR) is 66.4 cm³/mol. The summed E-state index contributed by atoms with van der Waals surface area (Å²) in [6.07, 6.45) is 0. The van der Waals surface area contributed by atoms with Crippen molar-refractivity contribution in [1.29, 1.82) is 0 Å². The first-order valence-electron chi connectivity index (χ1n) is 3.76. The lowest BCUT2D eigenvalue weighted by atomic mass is 10.3. The Morgan fingerprint density at radius 3 is 2.86 bits per heavy atom. The van der Waals surface area contributed by atoms with Crippen LogP contribution >= 0.6 is 46.6 Å². The molecular weight excluding hydrogens is 261 g/mol. The van der Waals surface area contributed by atoms with Gasteiger partial charge in [0.1, 0.15) is 0 Å². The summed E-state index contributed by atoms with van der Waals surface area (Å²) in [7, 11) is 0. The van der Waals surface area contributed by atoms with E-state index < -0.39 is 0 Å². The highest BCUT2D eigenvalue weighted by molar-refractivity contribution is 7.99. The third-order valence-electron chi connectivity index (χ3n) is 1.46. The normalized spacial score (nSPS) is 11.8. The van der Waals surface area contributed by atoms with Crippen molar-refractivity contribution in [3.05, 3.63) is 33.8 Å². The van der Waals surface area contributed by atoms with Crippen molar-refractivity contribution in [2.45, 2.75) is 4.90 Å². The molecule has 0 heterocycles. The lowest BCUT2D eigenvalue weighted by molar-refractivity contribution is 1.45. The molecule has 5 heteroatoms. The molecule has 0 saturated carbocycles. The topological polar surface area (TPSA) is 26.0 Å². The molecule has 0 aliphatic carbocycles. The zero-order valence-corrected chi connectivity index (χ0v) is 10.2. The van der Waals surface area contributed by atoms with Crippen LogP contribution in [0.2, 0.25) is 5.02 Å². The van der Waals surface area contributed by atoms with Gasteiger partial charge in [0.05, 0.1) is 0 Å². The molecule has 2 N–H and O–H groups in total. The molecule has 0 aliphatic rings. The zero-order chi connectivity index (χ0) is 10.6.